The number of nitro benzene ring substituents is 1. The maximum Gasteiger partial charge on any atom is 0.270 e. The molecule has 0 amide bonds. The Morgan fingerprint density at radius 3 is 2.66 bits per heavy atom. The summed E-state index contributed by atoms with van der Waals surface area (Å²) in [7, 11) is 0. The zero-order valence-corrected chi connectivity index (χ0v) is 16.8. The number of ketones is 1. The lowest BCUT2D eigenvalue weighted by Crippen LogP contribution is -2.12. The number of para-hydroxylation sites is 1. The Bertz CT molecular complexity index is 1010. The van der Waals surface area contributed by atoms with E-state index in [-0.39, 0.29) is 23.3 Å². The van der Waals surface area contributed by atoms with Crippen LogP contribution in [0.1, 0.15) is 36.1 Å². The lowest BCUT2D eigenvalue weighted by molar-refractivity contribution is -0.384. The molecule has 0 radical (unpaired) electrons. The van der Waals surface area contributed by atoms with Crippen LogP contribution < -0.4 is 4.74 Å². The fourth-order valence-corrected chi connectivity index (χ4v) is 3.67. The lowest BCUT2D eigenvalue weighted by Gasteiger charge is -2.15. The summed E-state index contributed by atoms with van der Waals surface area (Å²) in [5.74, 6) is 1.30. The molecule has 0 unspecified atom stereocenters. The molecule has 0 spiro atoms. The van der Waals surface area contributed by atoms with Crippen molar-refractivity contribution in [3.05, 3.63) is 76.1 Å². The number of nitrogens with zero attached hydrogens (tertiary/aromatic N) is 4. The summed E-state index contributed by atoms with van der Waals surface area (Å²) in [6.07, 6.45) is -0.313. The number of carbonyl (C=O) groups excluding carboxylic acids is 1. The maximum atomic E-state index is 12.4. The van der Waals surface area contributed by atoms with Crippen molar-refractivity contribution in [1.29, 1.82) is 0 Å². The van der Waals surface area contributed by atoms with Crippen molar-refractivity contribution in [2.24, 2.45) is 0 Å². The Labute approximate surface area is 172 Å². The van der Waals surface area contributed by atoms with Crippen LogP contribution in [0.2, 0.25) is 0 Å². The van der Waals surface area contributed by atoms with E-state index in [1.165, 1.54) is 30.0 Å². The molecule has 3 rings (SSSR count). The number of rotatable bonds is 9. The zero-order chi connectivity index (χ0) is 20.8. The number of thioether (sulfide) groups is 1. The molecule has 0 bridgehead atoms. The largest absolute Gasteiger partial charge is 0.483 e. The number of nitro groups is 1. The molecule has 0 aliphatic carbocycles. The highest BCUT2D eigenvalue weighted by molar-refractivity contribution is 7.99. The van der Waals surface area contributed by atoms with Gasteiger partial charge in [-0.1, -0.05) is 42.1 Å². The van der Waals surface area contributed by atoms with E-state index in [2.05, 4.69) is 10.2 Å². The molecule has 1 aromatic heterocycles. The second kappa shape index (κ2) is 9.33. The van der Waals surface area contributed by atoms with Gasteiger partial charge in [-0.25, -0.2) is 0 Å². The smallest absolute Gasteiger partial charge is 0.270 e. The van der Waals surface area contributed by atoms with Gasteiger partial charge in [0.2, 0.25) is 0 Å². The van der Waals surface area contributed by atoms with Crippen LogP contribution in [0, 0.1) is 10.1 Å². The molecule has 3 aromatic rings. The van der Waals surface area contributed by atoms with Crippen LogP contribution in [0.4, 0.5) is 5.69 Å². The van der Waals surface area contributed by atoms with Gasteiger partial charge in [-0.2, -0.15) is 0 Å². The summed E-state index contributed by atoms with van der Waals surface area (Å²) < 4.78 is 7.83. The van der Waals surface area contributed by atoms with E-state index in [1.54, 1.807) is 6.07 Å². The van der Waals surface area contributed by atoms with E-state index < -0.39 is 4.92 Å². The molecule has 0 saturated carbocycles. The molecule has 0 aliphatic rings. The highest BCUT2D eigenvalue weighted by Crippen LogP contribution is 2.25. The number of Topliss-reactive ketones (excluding diaryl/α,β-unsaturated/α-hetero) is 1. The topological polar surface area (TPSA) is 100 Å². The van der Waals surface area contributed by atoms with Gasteiger partial charge in [0.15, 0.2) is 22.9 Å². The van der Waals surface area contributed by atoms with E-state index in [0.29, 0.717) is 23.1 Å². The minimum Gasteiger partial charge on any atom is -0.483 e. The van der Waals surface area contributed by atoms with Crippen LogP contribution in [0.15, 0.2) is 59.8 Å². The van der Waals surface area contributed by atoms with Crippen LogP contribution in [-0.4, -0.2) is 31.2 Å². The predicted octanol–water partition coefficient (Wildman–Crippen LogP) is 4.32. The number of aromatic nitrogens is 3. The first-order valence-electron chi connectivity index (χ1n) is 9.04. The standard InChI is InChI=1S/C20H20N4O4S/c1-3-23-19(14(2)28-17-10-5-4-6-11-17)21-22-20(23)29-13-18(25)15-8-7-9-16(12-15)24(26)27/h4-12,14H,3,13H2,1-2H3/t14-/m0/s1. The van der Waals surface area contributed by atoms with E-state index in [0.717, 1.165) is 5.75 Å². The normalized spacial score (nSPS) is 11.8. The molecule has 0 fully saturated rings. The monoisotopic (exact) mass is 412 g/mol. The van der Waals surface area contributed by atoms with Crippen molar-refractivity contribution < 1.29 is 14.5 Å². The van der Waals surface area contributed by atoms with Crippen molar-refractivity contribution in [1.82, 2.24) is 14.8 Å². The predicted molar refractivity (Wildman–Crippen MR) is 109 cm³/mol. The summed E-state index contributed by atoms with van der Waals surface area (Å²) in [5, 5.41) is 19.9. The minimum atomic E-state index is -0.516. The van der Waals surface area contributed by atoms with Gasteiger partial charge < -0.3 is 9.30 Å². The molecule has 1 heterocycles. The van der Waals surface area contributed by atoms with Crippen molar-refractivity contribution >= 4 is 23.2 Å². The average molecular weight is 412 g/mol. The van der Waals surface area contributed by atoms with Crippen LogP contribution in [0.5, 0.6) is 5.75 Å². The van der Waals surface area contributed by atoms with Gasteiger partial charge in [-0.05, 0) is 26.0 Å². The van der Waals surface area contributed by atoms with Crippen LogP contribution in [0.25, 0.3) is 0 Å². The fourth-order valence-electron chi connectivity index (χ4n) is 2.77. The first-order chi connectivity index (χ1) is 14.0. The van der Waals surface area contributed by atoms with Crippen molar-refractivity contribution in [2.75, 3.05) is 5.75 Å². The summed E-state index contributed by atoms with van der Waals surface area (Å²) in [5.41, 5.74) is 0.196. The fraction of sp³-hybridized carbons (Fsp3) is 0.250. The summed E-state index contributed by atoms with van der Waals surface area (Å²) in [4.78, 5) is 22.8. The molecule has 0 aliphatic heterocycles. The van der Waals surface area contributed by atoms with Gasteiger partial charge in [-0.3, -0.25) is 14.9 Å². The molecule has 29 heavy (non-hydrogen) atoms. The van der Waals surface area contributed by atoms with Crippen LogP contribution in [0.3, 0.4) is 0 Å². The Hall–Kier alpha value is -3.20. The minimum absolute atomic E-state index is 0.104. The number of non-ortho nitro benzene ring substituents is 1. The van der Waals surface area contributed by atoms with Crippen LogP contribution in [-0.2, 0) is 6.54 Å². The van der Waals surface area contributed by atoms with Gasteiger partial charge in [0.05, 0.1) is 10.7 Å². The summed E-state index contributed by atoms with van der Waals surface area (Å²) >= 11 is 1.25. The molecule has 2 aromatic carbocycles. The third-order valence-corrected chi connectivity index (χ3v) is 5.16. The van der Waals surface area contributed by atoms with Crippen molar-refractivity contribution in [2.45, 2.75) is 31.7 Å². The zero-order valence-electron chi connectivity index (χ0n) is 16.0. The number of ether oxygens (including phenoxy) is 1. The summed E-state index contributed by atoms with van der Waals surface area (Å²) in [6, 6.07) is 15.2. The van der Waals surface area contributed by atoms with E-state index in [9.17, 15) is 14.9 Å². The highest BCUT2D eigenvalue weighted by atomic mass is 32.2. The Morgan fingerprint density at radius 2 is 1.97 bits per heavy atom. The maximum absolute atomic E-state index is 12.4. The van der Waals surface area contributed by atoms with Crippen molar-refractivity contribution in [3.8, 4) is 5.75 Å². The molecule has 0 saturated heterocycles. The van der Waals surface area contributed by atoms with E-state index in [1.807, 2.05) is 48.7 Å². The highest BCUT2D eigenvalue weighted by Gasteiger charge is 2.20. The quantitative estimate of drug-likeness (QED) is 0.223. The molecular formula is C20H20N4O4S. The molecule has 0 N–H and O–H groups in total. The Balaban J connectivity index is 1.69. The first-order valence-corrected chi connectivity index (χ1v) is 10.0. The van der Waals surface area contributed by atoms with Gasteiger partial charge in [0.25, 0.3) is 5.69 Å². The average Bonchev–Trinajstić information content (AvgIpc) is 3.16. The molecule has 8 nitrogen and oxygen atoms in total. The molecular weight excluding hydrogens is 392 g/mol. The Kier molecular flexibility index (Phi) is 6.61. The number of benzene rings is 2. The Morgan fingerprint density at radius 1 is 1.21 bits per heavy atom. The summed E-state index contributed by atoms with van der Waals surface area (Å²) in [6.45, 7) is 4.48. The molecule has 150 valence electrons. The van der Waals surface area contributed by atoms with Gasteiger partial charge in [-0.15, -0.1) is 10.2 Å². The van der Waals surface area contributed by atoms with Crippen molar-refractivity contribution in [3.63, 3.8) is 0 Å². The number of hydrogen-bond acceptors (Lipinski definition) is 7. The second-order valence-electron chi connectivity index (χ2n) is 6.18. The molecule has 1 atom stereocenters. The number of carbonyl (C=O) groups is 1. The van der Waals surface area contributed by atoms with Gasteiger partial charge in [0, 0.05) is 24.2 Å². The third-order valence-electron chi connectivity index (χ3n) is 4.19. The van der Waals surface area contributed by atoms with Gasteiger partial charge in [0.1, 0.15) is 5.75 Å². The van der Waals surface area contributed by atoms with Gasteiger partial charge >= 0.3 is 0 Å². The molecule has 9 heteroatoms. The van der Waals surface area contributed by atoms with E-state index >= 15 is 0 Å². The SMILES string of the molecule is CCn1c(SCC(=O)c2cccc([N+](=O)[O-])c2)nnc1[C@H](C)Oc1ccccc1. The second-order valence-corrected chi connectivity index (χ2v) is 7.12. The van der Waals surface area contributed by atoms with Crippen LogP contribution >= 0.6 is 11.8 Å². The first kappa shape index (κ1) is 20.5. The number of hydrogen-bond donors (Lipinski definition) is 0. The lowest BCUT2D eigenvalue weighted by atomic mass is 10.1. The third kappa shape index (κ3) is 5.00. The van der Waals surface area contributed by atoms with E-state index in [4.69, 9.17) is 4.74 Å².